The van der Waals surface area contributed by atoms with Crippen molar-refractivity contribution in [3.63, 3.8) is 0 Å². The maximum atomic E-state index is 12.1. The van der Waals surface area contributed by atoms with Gasteiger partial charge in [-0.05, 0) is 68.1 Å². The van der Waals surface area contributed by atoms with E-state index >= 15 is 0 Å². The van der Waals surface area contributed by atoms with Gasteiger partial charge in [-0.25, -0.2) is 0 Å². The van der Waals surface area contributed by atoms with Gasteiger partial charge in [0.2, 0.25) is 0 Å². The highest BCUT2D eigenvalue weighted by molar-refractivity contribution is 6.33. The normalized spacial score (nSPS) is 14.2. The van der Waals surface area contributed by atoms with Gasteiger partial charge >= 0.3 is 0 Å². The molecule has 2 aromatic carbocycles. The van der Waals surface area contributed by atoms with Crippen LogP contribution in [-0.4, -0.2) is 25.6 Å². The number of aryl methyl sites for hydroxylation is 1. The van der Waals surface area contributed by atoms with Crippen molar-refractivity contribution < 1.29 is 9.53 Å². The second-order valence-corrected chi connectivity index (χ2v) is 7.28. The second kappa shape index (κ2) is 8.65. The van der Waals surface area contributed by atoms with Crippen LogP contribution in [0.3, 0.4) is 0 Å². The van der Waals surface area contributed by atoms with Crippen LogP contribution in [0.15, 0.2) is 36.4 Å². The van der Waals surface area contributed by atoms with Crippen LogP contribution in [0.5, 0.6) is 5.75 Å². The molecule has 3 rings (SSSR count). The lowest BCUT2D eigenvalue weighted by Gasteiger charge is -2.29. The average Bonchev–Trinajstić information content (AvgIpc) is 2.63. The summed E-state index contributed by atoms with van der Waals surface area (Å²) in [7, 11) is 0. The van der Waals surface area contributed by atoms with Crippen molar-refractivity contribution in [1.82, 2.24) is 0 Å². The minimum atomic E-state index is -0.237. The van der Waals surface area contributed by atoms with Gasteiger partial charge in [0, 0.05) is 23.8 Å². The van der Waals surface area contributed by atoms with Gasteiger partial charge in [-0.3, -0.25) is 4.79 Å². The van der Waals surface area contributed by atoms with Gasteiger partial charge in [-0.1, -0.05) is 23.2 Å². The quantitative estimate of drug-likeness (QED) is 0.749. The van der Waals surface area contributed by atoms with E-state index in [1.165, 1.54) is 19.3 Å². The van der Waals surface area contributed by atoms with Crippen LogP contribution in [-0.2, 0) is 4.79 Å². The summed E-state index contributed by atoms with van der Waals surface area (Å²) in [6.07, 6.45) is 3.65. The minimum Gasteiger partial charge on any atom is -0.484 e. The third-order valence-electron chi connectivity index (χ3n) is 4.43. The molecule has 138 valence electrons. The molecule has 1 heterocycles. The zero-order chi connectivity index (χ0) is 18.5. The molecule has 4 nitrogen and oxygen atoms in total. The Balaban J connectivity index is 1.56. The van der Waals surface area contributed by atoms with Gasteiger partial charge in [0.25, 0.3) is 5.91 Å². The van der Waals surface area contributed by atoms with Gasteiger partial charge in [0.15, 0.2) is 6.61 Å². The fourth-order valence-electron chi connectivity index (χ4n) is 3.03. The molecule has 0 spiro atoms. The third-order valence-corrected chi connectivity index (χ3v) is 5.15. The summed E-state index contributed by atoms with van der Waals surface area (Å²) in [5.41, 5.74) is 2.60. The Morgan fingerprint density at radius 3 is 2.54 bits per heavy atom. The van der Waals surface area contributed by atoms with E-state index in [0.29, 0.717) is 21.5 Å². The Kier molecular flexibility index (Phi) is 6.28. The van der Waals surface area contributed by atoms with Crippen LogP contribution in [0, 0.1) is 6.92 Å². The van der Waals surface area contributed by atoms with Crippen LogP contribution in [0.1, 0.15) is 24.8 Å². The van der Waals surface area contributed by atoms with Crippen molar-refractivity contribution in [2.24, 2.45) is 0 Å². The predicted octanol–water partition coefficient (Wildman–Crippen LogP) is 5.31. The molecule has 0 radical (unpaired) electrons. The Hall–Kier alpha value is -1.91. The number of anilines is 2. The predicted molar refractivity (Wildman–Crippen MR) is 108 cm³/mol. The van der Waals surface area contributed by atoms with E-state index in [4.69, 9.17) is 27.9 Å². The van der Waals surface area contributed by atoms with Crippen LogP contribution < -0.4 is 15.0 Å². The smallest absolute Gasteiger partial charge is 0.262 e. The van der Waals surface area contributed by atoms with Crippen molar-refractivity contribution in [3.05, 3.63) is 52.0 Å². The number of halogens is 2. The lowest BCUT2D eigenvalue weighted by molar-refractivity contribution is -0.118. The van der Waals surface area contributed by atoms with Crippen LogP contribution in [0.2, 0.25) is 10.0 Å². The van der Waals surface area contributed by atoms with Crippen molar-refractivity contribution in [2.45, 2.75) is 26.2 Å². The number of carbonyl (C=O) groups is 1. The highest BCUT2D eigenvalue weighted by atomic mass is 35.5. The maximum Gasteiger partial charge on any atom is 0.262 e. The molecule has 2 aromatic rings. The first kappa shape index (κ1) is 18.9. The van der Waals surface area contributed by atoms with Gasteiger partial charge in [0.1, 0.15) is 5.75 Å². The molecule has 26 heavy (non-hydrogen) atoms. The van der Waals surface area contributed by atoms with E-state index < -0.39 is 0 Å². The van der Waals surface area contributed by atoms with Crippen LogP contribution in [0.25, 0.3) is 0 Å². The molecule has 6 heteroatoms. The molecular weight excluding hydrogens is 371 g/mol. The number of hydrogen-bond donors (Lipinski definition) is 1. The summed E-state index contributed by atoms with van der Waals surface area (Å²) in [5, 5.41) is 4.14. The molecule has 0 aliphatic carbocycles. The first-order chi connectivity index (χ1) is 12.5. The zero-order valence-corrected chi connectivity index (χ0v) is 16.2. The summed E-state index contributed by atoms with van der Waals surface area (Å²) in [6.45, 7) is 3.87. The number of carbonyl (C=O) groups excluding carboxylic acids is 1. The molecule has 1 N–H and O–H groups in total. The zero-order valence-electron chi connectivity index (χ0n) is 14.7. The average molecular weight is 393 g/mol. The number of nitrogens with zero attached hydrogens (tertiary/aromatic N) is 1. The van der Waals surface area contributed by atoms with Gasteiger partial charge in [0.05, 0.1) is 10.7 Å². The van der Waals surface area contributed by atoms with Crippen molar-refractivity contribution in [1.29, 1.82) is 0 Å². The topological polar surface area (TPSA) is 41.6 Å². The first-order valence-electron chi connectivity index (χ1n) is 8.76. The molecule has 0 aromatic heterocycles. The van der Waals surface area contributed by atoms with E-state index in [1.807, 2.05) is 19.1 Å². The Morgan fingerprint density at radius 2 is 1.85 bits per heavy atom. The fraction of sp³-hybridized carbons (Fsp3) is 0.350. The molecular formula is C20H22Cl2N2O2. The number of benzene rings is 2. The molecule has 0 unspecified atom stereocenters. The van der Waals surface area contributed by atoms with Crippen molar-refractivity contribution in [3.8, 4) is 5.75 Å². The summed E-state index contributed by atoms with van der Waals surface area (Å²) >= 11 is 12.4. The monoisotopic (exact) mass is 392 g/mol. The molecule has 0 saturated carbocycles. The second-order valence-electron chi connectivity index (χ2n) is 6.46. The molecule has 1 saturated heterocycles. The van der Waals surface area contributed by atoms with Crippen LogP contribution in [0.4, 0.5) is 11.4 Å². The molecule has 0 bridgehead atoms. The van der Waals surface area contributed by atoms with E-state index in [1.54, 1.807) is 24.3 Å². The van der Waals surface area contributed by atoms with Crippen molar-refractivity contribution >= 4 is 40.5 Å². The van der Waals surface area contributed by atoms with E-state index in [9.17, 15) is 4.79 Å². The third kappa shape index (κ3) is 4.83. The Morgan fingerprint density at radius 1 is 1.08 bits per heavy atom. The number of ether oxygens (including phenoxy) is 1. The summed E-state index contributed by atoms with van der Waals surface area (Å²) in [5.74, 6) is 0.375. The van der Waals surface area contributed by atoms with Crippen LogP contribution >= 0.6 is 23.2 Å². The molecule has 1 aliphatic heterocycles. The molecule has 1 fully saturated rings. The van der Waals surface area contributed by atoms with Gasteiger partial charge in [-0.2, -0.15) is 0 Å². The highest BCUT2D eigenvalue weighted by Gasteiger charge is 2.14. The maximum absolute atomic E-state index is 12.1. The number of rotatable bonds is 5. The lowest BCUT2D eigenvalue weighted by atomic mass is 10.1. The molecule has 1 aliphatic rings. The van der Waals surface area contributed by atoms with E-state index in [-0.39, 0.29) is 12.5 Å². The number of nitrogens with one attached hydrogen (secondary N) is 1. The largest absolute Gasteiger partial charge is 0.484 e. The Bertz CT molecular complexity index is 789. The van der Waals surface area contributed by atoms with Crippen molar-refractivity contribution in [2.75, 3.05) is 29.9 Å². The minimum absolute atomic E-state index is 0.0768. The number of hydrogen-bond acceptors (Lipinski definition) is 3. The van der Waals surface area contributed by atoms with Gasteiger partial charge in [-0.15, -0.1) is 0 Å². The summed E-state index contributed by atoms with van der Waals surface area (Å²) in [4.78, 5) is 14.4. The SMILES string of the molecule is Cc1cc(OCC(=O)Nc2ccc(N3CCCCC3)c(Cl)c2)ccc1Cl. The lowest BCUT2D eigenvalue weighted by Crippen LogP contribution is -2.29. The summed E-state index contributed by atoms with van der Waals surface area (Å²) < 4.78 is 5.51. The summed E-state index contributed by atoms with van der Waals surface area (Å²) in [6, 6.07) is 10.9. The first-order valence-corrected chi connectivity index (χ1v) is 9.52. The fourth-order valence-corrected chi connectivity index (χ4v) is 3.45. The van der Waals surface area contributed by atoms with Gasteiger partial charge < -0.3 is 15.0 Å². The van der Waals surface area contributed by atoms with E-state index in [0.717, 1.165) is 24.3 Å². The van der Waals surface area contributed by atoms with E-state index in [2.05, 4.69) is 10.2 Å². The molecule has 1 amide bonds. The highest BCUT2D eigenvalue weighted by Crippen LogP contribution is 2.30. The molecule has 0 atom stereocenters. The Labute approximate surface area is 164 Å². The number of amides is 1. The standard InChI is InChI=1S/C20H22Cl2N2O2/c1-14-11-16(6-7-17(14)21)26-13-20(25)23-15-5-8-19(18(22)12-15)24-9-3-2-4-10-24/h5-8,11-12H,2-4,9-10,13H2,1H3,(H,23,25). The number of piperidine rings is 1.